The molecule has 1 aliphatic heterocycles. The molecular formula is C22H22N2O2. The molecule has 4 rings (SSSR count). The van der Waals surface area contributed by atoms with Crippen LogP contribution in [0.2, 0.25) is 0 Å². The summed E-state index contributed by atoms with van der Waals surface area (Å²) in [5.74, 6) is -0.311. The SMILES string of the molecule is CCOC(=O)C1=C2C=CC(c3ccccc3)(c3ccccc3)CC2NN1. The number of carbonyl (C=O) groups excluding carboxylic acids is 1. The van der Waals surface area contributed by atoms with Crippen molar-refractivity contribution >= 4 is 5.97 Å². The van der Waals surface area contributed by atoms with Gasteiger partial charge in [-0.1, -0.05) is 72.8 Å². The van der Waals surface area contributed by atoms with Crippen LogP contribution in [0.3, 0.4) is 0 Å². The van der Waals surface area contributed by atoms with E-state index in [1.807, 2.05) is 19.1 Å². The van der Waals surface area contributed by atoms with Gasteiger partial charge in [0.25, 0.3) is 0 Å². The highest BCUT2D eigenvalue weighted by Crippen LogP contribution is 2.43. The highest BCUT2D eigenvalue weighted by atomic mass is 16.5. The molecule has 4 nitrogen and oxygen atoms in total. The molecule has 2 aromatic carbocycles. The molecule has 1 aliphatic carbocycles. The van der Waals surface area contributed by atoms with Gasteiger partial charge in [0.15, 0.2) is 0 Å². The fourth-order valence-corrected chi connectivity index (χ4v) is 3.90. The number of allylic oxidation sites excluding steroid dienone is 1. The second-order valence-electron chi connectivity index (χ2n) is 6.61. The minimum Gasteiger partial charge on any atom is -0.461 e. The number of rotatable bonds is 4. The third-order valence-electron chi connectivity index (χ3n) is 5.17. The van der Waals surface area contributed by atoms with Crippen molar-refractivity contribution in [3.8, 4) is 0 Å². The van der Waals surface area contributed by atoms with Gasteiger partial charge in [0.1, 0.15) is 5.70 Å². The summed E-state index contributed by atoms with van der Waals surface area (Å²) in [6.45, 7) is 2.18. The minimum atomic E-state index is -0.311. The Kier molecular flexibility index (Phi) is 4.35. The highest BCUT2D eigenvalue weighted by molar-refractivity contribution is 5.90. The maximum absolute atomic E-state index is 12.2. The van der Waals surface area contributed by atoms with E-state index in [1.165, 1.54) is 11.1 Å². The minimum absolute atomic E-state index is 0.0415. The number of ether oxygens (including phenoxy) is 1. The van der Waals surface area contributed by atoms with Crippen molar-refractivity contribution in [2.24, 2.45) is 0 Å². The first-order valence-electron chi connectivity index (χ1n) is 8.98. The molecule has 0 bridgehead atoms. The Bertz CT molecular complexity index is 817. The Morgan fingerprint density at radius 1 is 1.08 bits per heavy atom. The summed E-state index contributed by atoms with van der Waals surface area (Å²) in [5, 5.41) is 0. The van der Waals surface area contributed by atoms with Crippen molar-refractivity contribution in [2.75, 3.05) is 6.61 Å². The van der Waals surface area contributed by atoms with Crippen LogP contribution in [0, 0.1) is 0 Å². The molecule has 0 spiro atoms. The normalized spacial score (nSPS) is 20.4. The summed E-state index contributed by atoms with van der Waals surface area (Å²) in [6.07, 6.45) is 5.10. The van der Waals surface area contributed by atoms with Crippen molar-refractivity contribution in [1.29, 1.82) is 0 Å². The second kappa shape index (κ2) is 6.81. The van der Waals surface area contributed by atoms with E-state index in [0.29, 0.717) is 12.3 Å². The zero-order valence-corrected chi connectivity index (χ0v) is 14.7. The second-order valence-corrected chi connectivity index (χ2v) is 6.61. The van der Waals surface area contributed by atoms with E-state index in [1.54, 1.807) is 0 Å². The fraction of sp³-hybridized carbons (Fsp3) is 0.227. The topological polar surface area (TPSA) is 50.4 Å². The average molecular weight is 346 g/mol. The smallest absolute Gasteiger partial charge is 0.356 e. The number of benzene rings is 2. The van der Waals surface area contributed by atoms with E-state index in [0.717, 1.165) is 12.0 Å². The van der Waals surface area contributed by atoms with Crippen molar-refractivity contribution in [3.63, 3.8) is 0 Å². The van der Waals surface area contributed by atoms with Crippen LogP contribution >= 0.6 is 0 Å². The first-order valence-corrected chi connectivity index (χ1v) is 8.98. The Hall–Kier alpha value is -2.85. The molecule has 2 N–H and O–H groups in total. The van der Waals surface area contributed by atoms with Gasteiger partial charge >= 0.3 is 5.97 Å². The van der Waals surface area contributed by atoms with Crippen LogP contribution in [0.15, 0.2) is 84.1 Å². The number of hydrazine groups is 1. The highest BCUT2D eigenvalue weighted by Gasteiger charge is 2.41. The monoisotopic (exact) mass is 346 g/mol. The first kappa shape index (κ1) is 16.6. The zero-order chi connectivity index (χ0) is 18.0. The lowest BCUT2D eigenvalue weighted by Gasteiger charge is -2.37. The van der Waals surface area contributed by atoms with E-state index < -0.39 is 0 Å². The lowest BCUT2D eigenvalue weighted by Crippen LogP contribution is -2.41. The predicted octanol–water partition coefficient (Wildman–Crippen LogP) is 3.23. The summed E-state index contributed by atoms with van der Waals surface area (Å²) in [4.78, 5) is 12.2. The molecule has 0 radical (unpaired) electrons. The number of esters is 1. The van der Waals surface area contributed by atoms with Crippen molar-refractivity contribution in [3.05, 3.63) is 95.2 Å². The predicted molar refractivity (Wildman–Crippen MR) is 101 cm³/mol. The van der Waals surface area contributed by atoms with E-state index in [9.17, 15) is 4.79 Å². The van der Waals surface area contributed by atoms with Gasteiger partial charge in [-0.2, -0.15) is 0 Å². The van der Waals surface area contributed by atoms with E-state index in [-0.39, 0.29) is 17.4 Å². The fourth-order valence-electron chi connectivity index (χ4n) is 3.90. The number of fused-ring (bicyclic) bond motifs is 1. The molecule has 26 heavy (non-hydrogen) atoms. The van der Waals surface area contributed by atoms with Crippen molar-refractivity contribution in [2.45, 2.75) is 24.8 Å². The largest absolute Gasteiger partial charge is 0.461 e. The van der Waals surface area contributed by atoms with Gasteiger partial charge in [-0.3, -0.25) is 0 Å². The van der Waals surface area contributed by atoms with Crippen LogP contribution in [0.5, 0.6) is 0 Å². The van der Waals surface area contributed by atoms with Crippen LogP contribution in [-0.2, 0) is 14.9 Å². The molecule has 2 aromatic rings. The maximum atomic E-state index is 12.2. The summed E-state index contributed by atoms with van der Waals surface area (Å²) in [6, 6.07) is 21.1. The quantitative estimate of drug-likeness (QED) is 0.835. The first-order chi connectivity index (χ1) is 12.7. The van der Waals surface area contributed by atoms with Gasteiger partial charge in [0, 0.05) is 11.0 Å². The lowest BCUT2D eigenvalue weighted by molar-refractivity contribution is -0.138. The van der Waals surface area contributed by atoms with Crippen LogP contribution < -0.4 is 10.9 Å². The van der Waals surface area contributed by atoms with Crippen LogP contribution in [0.1, 0.15) is 24.5 Å². The maximum Gasteiger partial charge on any atom is 0.356 e. The van der Waals surface area contributed by atoms with Gasteiger partial charge in [-0.25, -0.2) is 10.2 Å². The molecule has 0 aromatic heterocycles. The molecule has 1 atom stereocenters. The van der Waals surface area contributed by atoms with Gasteiger partial charge in [-0.05, 0) is 24.5 Å². The summed E-state index contributed by atoms with van der Waals surface area (Å²) >= 11 is 0. The third-order valence-corrected chi connectivity index (χ3v) is 5.17. The van der Waals surface area contributed by atoms with Gasteiger partial charge in [0.05, 0.1) is 12.6 Å². The molecule has 0 amide bonds. The molecule has 1 heterocycles. The molecule has 132 valence electrons. The van der Waals surface area contributed by atoms with Crippen LogP contribution in [0.25, 0.3) is 0 Å². The zero-order valence-electron chi connectivity index (χ0n) is 14.7. The van der Waals surface area contributed by atoms with Gasteiger partial charge < -0.3 is 10.2 Å². The average Bonchev–Trinajstić information content (AvgIpc) is 3.12. The number of hydrogen-bond acceptors (Lipinski definition) is 4. The van der Waals surface area contributed by atoms with E-state index >= 15 is 0 Å². The van der Waals surface area contributed by atoms with Gasteiger partial charge in [0.2, 0.25) is 0 Å². The van der Waals surface area contributed by atoms with Gasteiger partial charge in [-0.15, -0.1) is 0 Å². The number of carbonyl (C=O) groups is 1. The number of hydrogen-bond donors (Lipinski definition) is 2. The molecule has 0 fully saturated rings. The number of nitrogens with one attached hydrogen (secondary N) is 2. The molecule has 0 saturated heterocycles. The standard InChI is InChI=1S/C22H22N2O2/c1-2-26-21(25)20-18-13-14-22(15-19(18)23-24-20,16-9-5-3-6-10-16)17-11-7-4-8-12-17/h3-14,19,23-24H,2,15H2,1H3. The van der Waals surface area contributed by atoms with E-state index in [2.05, 4.69) is 71.5 Å². The molecule has 4 heteroatoms. The van der Waals surface area contributed by atoms with Crippen LogP contribution in [0.4, 0.5) is 0 Å². The van der Waals surface area contributed by atoms with Crippen molar-refractivity contribution < 1.29 is 9.53 Å². The summed E-state index contributed by atoms with van der Waals surface area (Å²) in [5.41, 5.74) is 10.0. The molecular weight excluding hydrogens is 324 g/mol. The van der Waals surface area contributed by atoms with E-state index in [4.69, 9.17) is 4.74 Å². The van der Waals surface area contributed by atoms with Crippen molar-refractivity contribution in [1.82, 2.24) is 10.9 Å². The molecule has 2 aliphatic rings. The third kappa shape index (κ3) is 2.72. The Labute approximate surface area is 153 Å². The Morgan fingerprint density at radius 2 is 1.69 bits per heavy atom. The lowest BCUT2D eigenvalue weighted by atomic mass is 9.66. The Morgan fingerprint density at radius 3 is 2.27 bits per heavy atom. The summed E-state index contributed by atoms with van der Waals surface area (Å²) in [7, 11) is 0. The molecule has 1 unspecified atom stereocenters. The molecule has 0 saturated carbocycles. The summed E-state index contributed by atoms with van der Waals surface area (Å²) < 4.78 is 5.16. The van der Waals surface area contributed by atoms with Crippen LogP contribution in [-0.4, -0.2) is 18.6 Å². The Balaban J connectivity index is 1.81.